The number of hydrogen-bond donors (Lipinski definition) is 1. The first-order valence-electron chi connectivity index (χ1n) is 5.51. The Morgan fingerprint density at radius 3 is 2.94 bits per heavy atom. The fraction of sp³-hybridized carbons (Fsp3) is 0.455. The number of benzene rings is 1. The van der Waals surface area contributed by atoms with E-state index in [2.05, 4.69) is 0 Å². The number of nitrogens with two attached hydrogens (primary N) is 1. The van der Waals surface area contributed by atoms with Crippen LogP contribution in [-0.4, -0.2) is 24.6 Å². The smallest absolute Gasteiger partial charge is 0.294 e. The predicted octanol–water partition coefficient (Wildman–Crippen LogP) is 2.03. The largest absolute Gasteiger partial charge is 0.364 e. The minimum Gasteiger partial charge on any atom is -0.364 e. The van der Waals surface area contributed by atoms with Gasteiger partial charge >= 0.3 is 0 Å². The van der Waals surface area contributed by atoms with Crippen molar-refractivity contribution < 1.29 is 4.92 Å². The molecule has 2 N–H and O–H groups in total. The van der Waals surface area contributed by atoms with E-state index in [0.717, 1.165) is 19.5 Å². The first-order valence-corrected chi connectivity index (χ1v) is 5.89. The van der Waals surface area contributed by atoms with Crippen LogP contribution in [0.1, 0.15) is 6.42 Å². The van der Waals surface area contributed by atoms with Gasteiger partial charge < -0.3 is 10.6 Å². The average Bonchev–Trinajstić information content (AvgIpc) is 2.76. The van der Waals surface area contributed by atoms with E-state index in [1.54, 1.807) is 12.1 Å². The highest BCUT2D eigenvalue weighted by molar-refractivity contribution is 6.33. The van der Waals surface area contributed by atoms with E-state index in [9.17, 15) is 10.1 Å². The molecule has 92 valence electrons. The van der Waals surface area contributed by atoms with Gasteiger partial charge in [-0.05, 0) is 24.9 Å². The molecule has 17 heavy (non-hydrogen) atoms. The second-order valence-electron chi connectivity index (χ2n) is 4.20. The third-order valence-electron chi connectivity index (χ3n) is 3.10. The molecule has 1 aliphatic heterocycles. The number of halogens is 1. The zero-order valence-electron chi connectivity index (χ0n) is 9.30. The van der Waals surface area contributed by atoms with Crippen LogP contribution in [0.3, 0.4) is 0 Å². The maximum absolute atomic E-state index is 11.0. The number of rotatable bonds is 3. The Bertz CT molecular complexity index is 439. The molecule has 1 saturated heterocycles. The number of nitro groups is 1. The Labute approximate surface area is 104 Å². The van der Waals surface area contributed by atoms with Crippen molar-refractivity contribution in [3.63, 3.8) is 0 Å². The Hall–Kier alpha value is -1.33. The molecule has 2 rings (SSSR count). The Kier molecular flexibility index (Phi) is 3.49. The molecule has 1 aliphatic rings. The molecule has 1 aromatic rings. The zero-order valence-corrected chi connectivity index (χ0v) is 10.1. The molecule has 0 aliphatic carbocycles. The molecule has 5 nitrogen and oxygen atoms in total. The molecule has 0 bridgehead atoms. The van der Waals surface area contributed by atoms with Crippen LogP contribution in [0.15, 0.2) is 18.2 Å². The fourth-order valence-corrected chi connectivity index (χ4v) is 2.48. The van der Waals surface area contributed by atoms with E-state index >= 15 is 0 Å². The summed E-state index contributed by atoms with van der Waals surface area (Å²) in [5, 5.41) is 11.4. The van der Waals surface area contributed by atoms with Gasteiger partial charge in [0.25, 0.3) is 5.69 Å². The molecule has 0 radical (unpaired) electrons. The van der Waals surface area contributed by atoms with Crippen molar-refractivity contribution in [2.45, 2.75) is 6.42 Å². The number of hydrogen-bond acceptors (Lipinski definition) is 4. The molecular formula is C11H14ClN3O2. The fourth-order valence-electron chi connectivity index (χ4n) is 2.19. The highest BCUT2D eigenvalue weighted by Gasteiger charge is 2.28. The highest BCUT2D eigenvalue weighted by Crippen LogP contribution is 2.37. The molecule has 6 heteroatoms. The van der Waals surface area contributed by atoms with Gasteiger partial charge in [-0.3, -0.25) is 10.1 Å². The lowest BCUT2D eigenvalue weighted by Gasteiger charge is -2.19. The summed E-state index contributed by atoms with van der Waals surface area (Å²) in [5.74, 6) is 0.394. The van der Waals surface area contributed by atoms with Crippen LogP contribution in [0.5, 0.6) is 0 Å². The molecule has 1 heterocycles. The average molecular weight is 256 g/mol. The van der Waals surface area contributed by atoms with Gasteiger partial charge in [-0.25, -0.2) is 0 Å². The summed E-state index contributed by atoms with van der Waals surface area (Å²) in [7, 11) is 0. The van der Waals surface area contributed by atoms with Gasteiger partial charge in [0.1, 0.15) is 5.69 Å². The molecular weight excluding hydrogens is 242 g/mol. The Balaban J connectivity index is 2.34. The second kappa shape index (κ2) is 4.89. The summed E-state index contributed by atoms with van der Waals surface area (Å²) in [6.07, 6.45) is 0.957. The van der Waals surface area contributed by atoms with E-state index in [1.165, 1.54) is 6.07 Å². The van der Waals surface area contributed by atoms with Crippen LogP contribution < -0.4 is 10.6 Å². The molecule has 1 atom stereocenters. The normalized spacial score (nSPS) is 19.6. The Morgan fingerprint density at radius 1 is 1.59 bits per heavy atom. The van der Waals surface area contributed by atoms with Crippen LogP contribution in [0, 0.1) is 16.0 Å². The van der Waals surface area contributed by atoms with Crippen LogP contribution in [0.4, 0.5) is 11.4 Å². The van der Waals surface area contributed by atoms with Crippen LogP contribution in [0.2, 0.25) is 5.02 Å². The van der Waals surface area contributed by atoms with Gasteiger partial charge in [-0.15, -0.1) is 0 Å². The maximum Gasteiger partial charge on any atom is 0.294 e. The topological polar surface area (TPSA) is 72.4 Å². The maximum atomic E-state index is 11.0. The number of para-hydroxylation sites is 1. The van der Waals surface area contributed by atoms with Gasteiger partial charge in [0.2, 0.25) is 0 Å². The van der Waals surface area contributed by atoms with E-state index in [1.807, 2.05) is 4.90 Å². The quantitative estimate of drug-likeness (QED) is 0.663. The molecule has 0 saturated carbocycles. The van der Waals surface area contributed by atoms with Crippen molar-refractivity contribution in [1.29, 1.82) is 0 Å². The molecule has 1 unspecified atom stereocenters. The third kappa shape index (κ3) is 2.35. The van der Waals surface area contributed by atoms with Crippen molar-refractivity contribution in [2.24, 2.45) is 11.7 Å². The SMILES string of the molecule is NCC1CCN(c2c(Cl)cccc2[N+](=O)[O-])C1. The van der Waals surface area contributed by atoms with Gasteiger partial charge in [-0.2, -0.15) is 0 Å². The summed E-state index contributed by atoms with van der Waals surface area (Å²) in [6.45, 7) is 2.11. The second-order valence-corrected chi connectivity index (χ2v) is 4.61. The molecule has 0 aromatic heterocycles. The minimum absolute atomic E-state index is 0.0650. The lowest BCUT2D eigenvalue weighted by molar-refractivity contribution is -0.384. The van der Waals surface area contributed by atoms with Crippen molar-refractivity contribution in [1.82, 2.24) is 0 Å². The van der Waals surface area contributed by atoms with Crippen molar-refractivity contribution in [2.75, 3.05) is 24.5 Å². The van der Waals surface area contributed by atoms with Crippen molar-refractivity contribution in [3.8, 4) is 0 Å². The van der Waals surface area contributed by atoms with Gasteiger partial charge in [0.05, 0.1) is 9.95 Å². The molecule has 0 spiro atoms. The lowest BCUT2D eigenvalue weighted by atomic mass is 10.1. The van der Waals surface area contributed by atoms with Crippen molar-refractivity contribution in [3.05, 3.63) is 33.3 Å². The Morgan fingerprint density at radius 2 is 2.35 bits per heavy atom. The first-order chi connectivity index (χ1) is 8.13. The summed E-state index contributed by atoms with van der Waals surface area (Å²) in [6, 6.07) is 4.76. The standard InChI is InChI=1S/C11H14ClN3O2/c12-9-2-1-3-10(15(16)17)11(9)14-5-4-8(6-13)7-14/h1-3,8H,4-7,13H2. The van der Waals surface area contributed by atoms with E-state index in [0.29, 0.717) is 23.2 Å². The molecule has 1 aromatic carbocycles. The van der Waals surface area contributed by atoms with Crippen LogP contribution in [-0.2, 0) is 0 Å². The van der Waals surface area contributed by atoms with Gasteiger partial charge in [-0.1, -0.05) is 17.7 Å². The first kappa shape index (κ1) is 12.1. The lowest BCUT2D eigenvalue weighted by Crippen LogP contribution is -2.23. The van der Waals surface area contributed by atoms with Gasteiger partial charge in [0.15, 0.2) is 0 Å². The number of anilines is 1. The summed E-state index contributed by atoms with van der Waals surface area (Å²) < 4.78 is 0. The highest BCUT2D eigenvalue weighted by atomic mass is 35.5. The third-order valence-corrected chi connectivity index (χ3v) is 3.40. The van der Waals surface area contributed by atoms with Gasteiger partial charge in [0, 0.05) is 19.2 Å². The van der Waals surface area contributed by atoms with Crippen molar-refractivity contribution >= 4 is 23.0 Å². The predicted molar refractivity (Wildman–Crippen MR) is 67.5 cm³/mol. The summed E-state index contributed by atoms with van der Waals surface area (Å²) in [4.78, 5) is 12.5. The zero-order chi connectivity index (χ0) is 12.4. The van der Waals surface area contributed by atoms with Crippen LogP contribution >= 0.6 is 11.6 Å². The van der Waals surface area contributed by atoms with Crippen LogP contribution in [0.25, 0.3) is 0 Å². The molecule has 1 fully saturated rings. The monoisotopic (exact) mass is 255 g/mol. The number of nitro benzene ring substituents is 1. The summed E-state index contributed by atoms with van der Waals surface area (Å²) in [5.41, 5.74) is 6.20. The van der Waals surface area contributed by atoms with E-state index < -0.39 is 4.92 Å². The number of nitrogens with zero attached hydrogens (tertiary/aromatic N) is 2. The minimum atomic E-state index is -0.392. The van der Waals surface area contributed by atoms with E-state index in [-0.39, 0.29) is 5.69 Å². The molecule has 0 amide bonds. The van der Waals surface area contributed by atoms with E-state index in [4.69, 9.17) is 17.3 Å². The summed E-state index contributed by atoms with van der Waals surface area (Å²) >= 11 is 6.07.